The van der Waals surface area contributed by atoms with Crippen LogP contribution in [-0.2, 0) is 22.4 Å². The zero-order valence-corrected chi connectivity index (χ0v) is 19.1. The highest BCUT2D eigenvalue weighted by molar-refractivity contribution is 6.30. The lowest BCUT2D eigenvalue weighted by Crippen LogP contribution is -2.38. The number of alkyl carbamates (subject to hydrolysis) is 1. The van der Waals surface area contributed by atoms with E-state index in [4.69, 9.17) is 25.8 Å². The van der Waals surface area contributed by atoms with Crippen LogP contribution in [0.15, 0.2) is 66.7 Å². The van der Waals surface area contributed by atoms with Gasteiger partial charge in [-0.1, -0.05) is 37.1 Å². The zero-order chi connectivity index (χ0) is 23.4. The predicted octanol–water partition coefficient (Wildman–Crippen LogP) is 6.44. The van der Waals surface area contributed by atoms with Crippen LogP contribution in [0.5, 0.6) is 23.0 Å². The molecule has 1 fully saturated rings. The Morgan fingerprint density at radius 1 is 0.939 bits per heavy atom. The highest BCUT2D eigenvalue weighted by atomic mass is 35.5. The van der Waals surface area contributed by atoms with E-state index in [1.54, 1.807) is 19.1 Å². The number of hydrogen-bond acceptors (Lipinski definition) is 5. The Morgan fingerprint density at radius 3 is 2.36 bits per heavy atom. The van der Waals surface area contributed by atoms with E-state index >= 15 is 0 Å². The number of carbonyl (C=O) groups is 2. The molecule has 1 atom stereocenters. The van der Waals surface area contributed by atoms with Crippen molar-refractivity contribution in [2.24, 2.45) is 0 Å². The SMILES string of the molecule is CCCc1cc(Oc2ccc(Cl)cc2)ccc1Oc1cccc(C[C@]2(C)OC(=O)NC2=O)c1. The molecule has 4 rings (SSSR count). The van der Waals surface area contributed by atoms with E-state index < -0.39 is 17.6 Å². The van der Waals surface area contributed by atoms with E-state index in [9.17, 15) is 9.59 Å². The number of ether oxygens (including phenoxy) is 3. The summed E-state index contributed by atoms with van der Waals surface area (Å²) in [5, 5.41) is 2.83. The van der Waals surface area contributed by atoms with Crippen molar-refractivity contribution in [3.8, 4) is 23.0 Å². The lowest BCUT2D eigenvalue weighted by atomic mass is 9.96. The number of hydrogen-bond donors (Lipinski definition) is 1. The topological polar surface area (TPSA) is 73.9 Å². The fraction of sp³-hybridized carbons (Fsp3) is 0.231. The summed E-state index contributed by atoms with van der Waals surface area (Å²) in [6.45, 7) is 3.70. The van der Waals surface area contributed by atoms with Crippen molar-refractivity contribution >= 4 is 23.6 Å². The molecule has 1 aliphatic heterocycles. The van der Waals surface area contributed by atoms with Crippen LogP contribution in [0.3, 0.4) is 0 Å². The quantitative estimate of drug-likeness (QED) is 0.414. The van der Waals surface area contributed by atoms with E-state index in [0.717, 1.165) is 29.7 Å². The summed E-state index contributed by atoms with van der Waals surface area (Å²) in [7, 11) is 0. The molecule has 0 bridgehead atoms. The lowest BCUT2D eigenvalue weighted by Gasteiger charge is -2.19. The van der Waals surface area contributed by atoms with Gasteiger partial charge < -0.3 is 14.2 Å². The minimum absolute atomic E-state index is 0.247. The average molecular weight is 466 g/mol. The Balaban J connectivity index is 1.52. The smallest absolute Gasteiger partial charge is 0.415 e. The third-order valence-corrected chi connectivity index (χ3v) is 5.53. The van der Waals surface area contributed by atoms with Crippen molar-refractivity contribution in [2.45, 2.75) is 38.7 Å². The number of imide groups is 1. The van der Waals surface area contributed by atoms with Gasteiger partial charge in [-0.25, -0.2) is 4.79 Å². The van der Waals surface area contributed by atoms with Crippen molar-refractivity contribution in [3.05, 3.63) is 82.9 Å². The van der Waals surface area contributed by atoms with Gasteiger partial charge in [-0.05, 0) is 79.1 Å². The Labute approximate surface area is 197 Å². The molecule has 0 aliphatic carbocycles. The van der Waals surface area contributed by atoms with Crippen LogP contribution >= 0.6 is 11.6 Å². The molecule has 0 aromatic heterocycles. The maximum atomic E-state index is 12.1. The maximum absolute atomic E-state index is 12.1. The molecule has 0 unspecified atom stereocenters. The first-order chi connectivity index (χ1) is 15.8. The van der Waals surface area contributed by atoms with E-state index in [-0.39, 0.29) is 6.42 Å². The molecule has 170 valence electrons. The molecule has 0 radical (unpaired) electrons. The largest absolute Gasteiger partial charge is 0.457 e. The molecule has 3 aromatic carbocycles. The molecule has 33 heavy (non-hydrogen) atoms. The van der Waals surface area contributed by atoms with Gasteiger partial charge >= 0.3 is 6.09 Å². The number of nitrogens with one attached hydrogen (secondary N) is 1. The van der Waals surface area contributed by atoms with Gasteiger partial charge in [-0.2, -0.15) is 0 Å². The normalized spacial score (nSPS) is 17.4. The van der Waals surface area contributed by atoms with E-state index in [0.29, 0.717) is 22.3 Å². The van der Waals surface area contributed by atoms with E-state index in [1.807, 2.05) is 54.6 Å². The van der Waals surface area contributed by atoms with Gasteiger partial charge in [-0.15, -0.1) is 0 Å². The Kier molecular flexibility index (Phi) is 6.56. The monoisotopic (exact) mass is 465 g/mol. The highest BCUT2D eigenvalue weighted by Gasteiger charge is 2.44. The first-order valence-corrected chi connectivity index (χ1v) is 11.1. The number of cyclic esters (lactones) is 1. The number of rotatable bonds is 8. The van der Waals surface area contributed by atoms with Crippen molar-refractivity contribution in [3.63, 3.8) is 0 Å². The van der Waals surface area contributed by atoms with Crippen LogP contribution in [-0.4, -0.2) is 17.6 Å². The minimum atomic E-state index is -1.23. The molecule has 0 saturated carbocycles. The summed E-state index contributed by atoms with van der Waals surface area (Å²) >= 11 is 5.94. The molecule has 1 N–H and O–H groups in total. The number of benzene rings is 3. The molecule has 1 saturated heterocycles. The molecule has 3 aromatic rings. The molecule has 1 heterocycles. The van der Waals surface area contributed by atoms with Crippen molar-refractivity contribution < 1.29 is 23.8 Å². The molecule has 7 heteroatoms. The van der Waals surface area contributed by atoms with Gasteiger partial charge in [0.1, 0.15) is 23.0 Å². The molecular formula is C26H24ClNO5. The Morgan fingerprint density at radius 2 is 1.67 bits per heavy atom. The average Bonchev–Trinajstić information content (AvgIpc) is 3.03. The molecule has 2 amide bonds. The summed E-state index contributed by atoms with van der Waals surface area (Å²) in [4.78, 5) is 23.5. The Bertz CT molecular complexity index is 1180. The molecule has 1 aliphatic rings. The van der Waals surface area contributed by atoms with Gasteiger partial charge in [0.05, 0.1) is 0 Å². The summed E-state index contributed by atoms with van der Waals surface area (Å²) in [5.41, 5.74) is 0.606. The van der Waals surface area contributed by atoms with E-state index in [2.05, 4.69) is 12.2 Å². The number of amides is 2. The van der Waals surface area contributed by atoms with Gasteiger partial charge in [0.25, 0.3) is 5.91 Å². The number of halogens is 1. The summed E-state index contributed by atoms with van der Waals surface area (Å²) in [5.74, 6) is 2.33. The fourth-order valence-corrected chi connectivity index (χ4v) is 3.80. The van der Waals surface area contributed by atoms with Crippen molar-refractivity contribution in [1.82, 2.24) is 5.32 Å². The Hall–Kier alpha value is -3.51. The zero-order valence-electron chi connectivity index (χ0n) is 18.4. The molecular weight excluding hydrogens is 442 g/mol. The lowest BCUT2D eigenvalue weighted by molar-refractivity contribution is -0.129. The van der Waals surface area contributed by atoms with E-state index in [1.165, 1.54) is 0 Å². The van der Waals surface area contributed by atoms with Crippen LogP contribution in [0.25, 0.3) is 0 Å². The van der Waals surface area contributed by atoms with Crippen molar-refractivity contribution in [1.29, 1.82) is 0 Å². The van der Waals surface area contributed by atoms with Gasteiger partial charge in [0.2, 0.25) is 0 Å². The summed E-state index contributed by atoms with van der Waals surface area (Å²) < 4.78 is 17.3. The van der Waals surface area contributed by atoms with Crippen LogP contribution in [0.2, 0.25) is 5.02 Å². The second-order valence-electron chi connectivity index (χ2n) is 8.08. The van der Waals surface area contributed by atoms with Gasteiger partial charge in [0, 0.05) is 11.4 Å². The fourth-order valence-electron chi connectivity index (χ4n) is 3.68. The van der Waals surface area contributed by atoms with Crippen LogP contribution in [0, 0.1) is 0 Å². The number of aryl methyl sites for hydroxylation is 1. The van der Waals surface area contributed by atoms with Gasteiger partial charge in [0.15, 0.2) is 5.60 Å². The maximum Gasteiger partial charge on any atom is 0.415 e. The van der Waals surface area contributed by atoms with Crippen LogP contribution < -0.4 is 14.8 Å². The highest BCUT2D eigenvalue weighted by Crippen LogP contribution is 2.33. The first kappa shape index (κ1) is 22.7. The second kappa shape index (κ2) is 9.55. The van der Waals surface area contributed by atoms with Gasteiger partial charge in [-0.3, -0.25) is 10.1 Å². The third kappa shape index (κ3) is 5.46. The minimum Gasteiger partial charge on any atom is -0.457 e. The first-order valence-electron chi connectivity index (χ1n) is 10.7. The summed E-state index contributed by atoms with van der Waals surface area (Å²) in [6, 6.07) is 20.3. The second-order valence-corrected chi connectivity index (χ2v) is 8.51. The molecule has 0 spiro atoms. The number of carbonyl (C=O) groups excluding carboxylic acids is 2. The van der Waals surface area contributed by atoms with Crippen molar-refractivity contribution in [2.75, 3.05) is 0 Å². The summed E-state index contributed by atoms with van der Waals surface area (Å²) in [6.07, 6.45) is 1.29. The predicted molar refractivity (Wildman–Crippen MR) is 125 cm³/mol. The van der Waals surface area contributed by atoms with Crippen LogP contribution in [0.4, 0.5) is 4.79 Å². The standard InChI is InChI=1S/C26H24ClNO5/c1-3-5-18-15-22(31-20-10-8-19(27)9-11-20)12-13-23(18)32-21-7-4-6-17(14-21)16-26(2)24(29)28-25(30)33-26/h4,6-15H,3,5,16H2,1-2H3,(H,28,29,30)/t26-/m0/s1. The molecule has 6 nitrogen and oxygen atoms in total. The van der Waals surface area contributed by atoms with Crippen LogP contribution in [0.1, 0.15) is 31.4 Å². The third-order valence-electron chi connectivity index (χ3n) is 5.28.